The van der Waals surface area contributed by atoms with Crippen LogP contribution in [0.5, 0.6) is 0 Å². The fourth-order valence-corrected chi connectivity index (χ4v) is 3.77. The average molecular weight is 263 g/mol. The molecule has 2 heterocycles. The summed E-state index contributed by atoms with van der Waals surface area (Å²) in [6.07, 6.45) is 9.10. The monoisotopic (exact) mass is 263 g/mol. The number of hydrogen-bond acceptors (Lipinski definition) is 3. The summed E-state index contributed by atoms with van der Waals surface area (Å²) < 4.78 is 13.3. The van der Waals surface area contributed by atoms with Crippen molar-refractivity contribution < 1.29 is 4.39 Å². The van der Waals surface area contributed by atoms with E-state index in [1.165, 1.54) is 50.8 Å². The van der Waals surface area contributed by atoms with Crippen molar-refractivity contribution in [3.63, 3.8) is 0 Å². The van der Waals surface area contributed by atoms with Gasteiger partial charge in [0, 0.05) is 24.7 Å². The minimum absolute atomic E-state index is 0.290. The van der Waals surface area contributed by atoms with Gasteiger partial charge in [-0.3, -0.25) is 0 Å². The number of fused-ring (bicyclic) bond motifs is 1. The van der Waals surface area contributed by atoms with Crippen LogP contribution in [-0.4, -0.2) is 17.6 Å². The minimum atomic E-state index is -0.290. The number of halogens is 1. The molecule has 0 spiro atoms. The van der Waals surface area contributed by atoms with Gasteiger partial charge >= 0.3 is 0 Å². The highest BCUT2D eigenvalue weighted by Gasteiger charge is 2.34. The summed E-state index contributed by atoms with van der Waals surface area (Å²) in [5, 5.41) is 0. The van der Waals surface area contributed by atoms with E-state index in [1.54, 1.807) is 0 Å². The predicted molar refractivity (Wildman–Crippen MR) is 74.4 cm³/mol. The normalized spacial score (nSPS) is 27.2. The van der Waals surface area contributed by atoms with E-state index in [-0.39, 0.29) is 5.82 Å². The number of nitrogens with two attached hydrogens (primary N) is 1. The maximum atomic E-state index is 13.3. The quantitative estimate of drug-likeness (QED) is 0.892. The molecule has 0 unspecified atom stereocenters. The molecule has 0 aromatic carbocycles. The summed E-state index contributed by atoms with van der Waals surface area (Å²) in [7, 11) is 0. The predicted octanol–water partition coefficient (Wildman–Crippen LogP) is 2.84. The van der Waals surface area contributed by atoms with Crippen molar-refractivity contribution in [2.45, 2.75) is 51.1 Å². The molecular weight excluding hydrogens is 241 g/mol. The molecule has 4 heteroatoms. The van der Waals surface area contributed by atoms with E-state index in [2.05, 4.69) is 9.88 Å². The largest absolute Gasteiger partial charge is 0.353 e. The van der Waals surface area contributed by atoms with Crippen LogP contribution in [0.25, 0.3) is 0 Å². The zero-order valence-electron chi connectivity index (χ0n) is 11.3. The molecule has 19 heavy (non-hydrogen) atoms. The Morgan fingerprint density at radius 1 is 1.26 bits per heavy atom. The molecule has 104 valence electrons. The van der Waals surface area contributed by atoms with Gasteiger partial charge in [-0.15, -0.1) is 0 Å². The molecule has 1 saturated carbocycles. The molecule has 2 fully saturated rings. The molecule has 0 radical (unpaired) electrons. The highest BCUT2D eigenvalue weighted by molar-refractivity contribution is 5.48. The summed E-state index contributed by atoms with van der Waals surface area (Å²) >= 11 is 0. The third-order valence-electron chi connectivity index (χ3n) is 4.64. The van der Waals surface area contributed by atoms with E-state index < -0.39 is 0 Å². The van der Waals surface area contributed by atoms with Crippen molar-refractivity contribution in [3.05, 3.63) is 23.6 Å². The molecular formula is C15H22FN3. The smallest absolute Gasteiger partial charge is 0.141 e. The van der Waals surface area contributed by atoms with E-state index in [1.807, 2.05) is 0 Å². The molecule has 1 aliphatic heterocycles. The van der Waals surface area contributed by atoms with Crippen LogP contribution in [0, 0.1) is 11.7 Å². The van der Waals surface area contributed by atoms with Crippen LogP contribution >= 0.6 is 0 Å². The number of hydrogen-bond donors (Lipinski definition) is 1. The summed E-state index contributed by atoms with van der Waals surface area (Å²) in [6.45, 7) is 1.39. The Hall–Kier alpha value is -1.16. The third-order valence-corrected chi connectivity index (χ3v) is 4.64. The summed E-state index contributed by atoms with van der Waals surface area (Å²) in [5.41, 5.74) is 6.60. The summed E-state index contributed by atoms with van der Waals surface area (Å²) in [5.74, 6) is 1.42. The van der Waals surface area contributed by atoms with Crippen LogP contribution < -0.4 is 10.6 Å². The van der Waals surface area contributed by atoms with Crippen molar-refractivity contribution in [3.8, 4) is 0 Å². The minimum Gasteiger partial charge on any atom is -0.353 e. The highest BCUT2D eigenvalue weighted by atomic mass is 19.1. The van der Waals surface area contributed by atoms with Crippen LogP contribution in [-0.2, 0) is 6.54 Å². The topological polar surface area (TPSA) is 42.1 Å². The number of piperidine rings is 1. The Morgan fingerprint density at radius 3 is 2.89 bits per heavy atom. The molecule has 1 aliphatic carbocycles. The van der Waals surface area contributed by atoms with Gasteiger partial charge in [0.05, 0.1) is 6.20 Å². The zero-order chi connectivity index (χ0) is 13.2. The Balaban J connectivity index is 1.91. The lowest BCUT2D eigenvalue weighted by Gasteiger charge is -2.45. The first kappa shape index (κ1) is 12.9. The van der Waals surface area contributed by atoms with Gasteiger partial charge in [0.2, 0.25) is 0 Å². The second kappa shape index (κ2) is 5.45. The molecule has 3 nitrogen and oxygen atoms in total. The van der Waals surface area contributed by atoms with Crippen molar-refractivity contribution in [1.82, 2.24) is 4.98 Å². The van der Waals surface area contributed by atoms with Crippen molar-refractivity contribution in [1.29, 1.82) is 0 Å². The second-order valence-electron chi connectivity index (χ2n) is 5.79. The molecule has 2 aliphatic rings. The lowest BCUT2D eigenvalue weighted by atomic mass is 9.78. The van der Waals surface area contributed by atoms with Gasteiger partial charge in [0.1, 0.15) is 11.6 Å². The van der Waals surface area contributed by atoms with Gasteiger partial charge in [-0.2, -0.15) is 0 Å². The first-order valence-electron chi connectivity index (χ1n) is 7.40. The summed E-state index contributed by atoms with van der Waals surface area (Å²) in [6, 6.07) is 2.13. The molecule has 1 aromatic heterocycles. The fourth-order valence-electron chi connectivity index (χ4n) is 3.77. The van der Waals surface area contributed by atoms with Gasteiger partial charge in [0.15, 0.2) is 0 Å². The lowest BCUT2D eigenvalue weighted by Crippen LogP contribution is -2.47. The molecule has 0 amide bonds. The SMILES string of the molecule is NCc1cc(F)cnc1N1CCC[C@H]2CCCC[C@H]21. The van der Waals surface area contributed by atoms with Gasteiger partial charge in [-0.05, 0) is 37.7 Å². The van der Waals surface area contributed by atoms with Crippen molar-refractivity contribution in [2.24, 2.45) is 11.7 Å². The van der Waals surface area contributed by atoms with Crippen molar-refractivity contribution >= 4 is 5.82 Å². The molecule has 2 N–H and O–H groups in total. The first-order valence-corrected chi connectivity index (χ1v) is 7.40. The van der Waals surface area contributed by atoms with E-state index in [4.69, 9.17) is 5.73 Å². The van der Waals surface area contributed by atoms with Crippen LogP contribution in [0.15, 0.2) is 12.3 Å². The lowest BCUT2D eigenvalue weighted by molar-refractivity contribution is 0.242. The summed E-state index contributed by atoms with van der Waals surface area (Å²) in [4.78, 5) is 6.73. The van der Waals surface area contributed by atoms with E-state index in [0.29, 0.717) is 12.6 Å². The average Bonchev–Trinajstić information content (AvgIpc) is 2.46. The van der Waals surface area contributed by atoms with Gasteiger partial charge in [-0.1, -0.05) is 12.8 Å². The standard InChI is InChI=1S/C15H22FN3/c16-13-8-12(9-17)15(18-10-13)19-7-3-5-11-4-1-2-6-14(11)19/h8,10-11,14H,1-7,9,17H2/t11-,14-/m1/s1. The number of aromatic nitrogens is 1. The van der Waals surface area contributed by atoms with E-state index in [9.17, 15) is 4.39 Å². The maximum Gasteiger partial charge on any atom is 0.141 e. The van der Waals surface area contributed by atoms with Gasteiger partial charge in [-0.25, -0.2) is 9.37 Å². The molecule has 2 atom stereocenters. The fraction of sp³-hybridized carbons (Fsp3) is 0.667. The van der Waals surface area contributed by atoms with Crippen molar-refractivity contribution in [2.75, 3.05) is 11.4 Å². The Kier molecular flexibility index (Phi) is 3.69. The number of rotatable bonds is 2. The number of anilines is 1. The Morgan fingerprint density at radius 2 is 2.05 bits per heavy atom. The number of nitrogens with zero attached hydrogens (tertiary/aromatic N) is 2. The first-order chi connectivity index (χ1) is 9.29. The molecule has 1 aromatic rings. The third kappa shape index (κ3) is 2.46. The van der Waals surface area contributed by atoms with Crippen LogP contribution in [0.1, 0.15) is 44.1 Å². The zero-order valence-corrected chi connectivity index (χ0v) is 11.3. The Bertz CT molecular complexity index is 447. The second-order valence-corrected chi connectivity index (χ2v) is 5.79. The molecule has 3 rings (SSSR count). The van der Waals surface area contributed by atoms with E-state index >= 15 is 0 Å². The van der Waals surface area contributed by atoms with Crippen LogP contribution in [0.4, 0.5) is 10.2 Å². The Labute approximate surface area is 114 Å². The number of pyridine rings is 1. The molecule has 1 saturated heterocycles. The van der Waals surface area contributed by atoms with Crippen LogP contribution in [0.3, 0.4) is 0 Å². The molecule has 0 bridgehead atoms. The maximum absolute atomic E-state index is 13.3. The van der Waals surface area contributed by atoms with Gasteiger partial charge < -0.3 is 10.6 Å². The van der Waals surface area contributed by atoms with E-state index in [0.717, 1.165) is 23.8 Å². The van der Waals surface area contributed by atoms with Gasteiger partial charge in [0.25, 0.3) is 0 Å². The highest BCUT2D eigenvalue weighted by Crippen LogP contribution is 2.38. The van der Waals surface area contributed by atoms with Crippen LogP contribution in [0.2, 0.25) is 0 Å².